The number of phenolic OH excluding ortho intramolecular Hbond substituents is 1. The second-order valence-electron chi connectivity index (χ2n) is 6.56. The maximum absolute atomic E-state index is 13.3. The monoisotopic (exact) mass is 294 g/mol. The molecule has 4 nitrogen and oxygen atoms in total. The van der Waals surface area contributed by atoms with Crippen LogP contribution in [-0.4, -0.2) is 17.1 Å². The second-order valence-corrected chi connectivity index (χ2v) is 6.56. The van der Waals surface area contributed by atoms with Gasteiger partial charge in [-0.25, -0.2) is 4.39 Å². The van der Waals surface area contributed by atoms with Crippen molar-refractivity contribution in [2.75, 3.05) is 5.32 Å². The van der Waals surface area contributed by atoms with Crippen LogP contribution in [0.15, 0.2) is 18.2 Å². The lowest BCUT2D eigenvalue weighted by molar-refractivity contribution is -0.127. The molecule has 0 spiro atoms. The second kappa shape index (κ2) is 5.64. The third-order valence-corrected chi connectivity index (χ3v) is 5.03. The van der Waals surface area contributed by atoms with E-state index in [0.717, 1.165) is 18.9 Å². The molecule has 4 N–H and O–H groups in total. The summed E-state index contributed by atoms with van der Waals surface area (Å²) in [5.74, 6) is -1.22. The number of carbonyl (C=O) groups is 1. The number of rotatable bonds is 2. The van der Waals surface area contributed by atoms with Crippen LogP contribution in [0.4, 0.5) is 10.1 Å². The summed E-state index contributed by atoms with van der Waals surface area (Å²) in [4.78, 5) is 12.5. The van der Waals surface area contributed by atoms with E-state index in [-0.39, 0.29) is 29.2 Å². The van der Waals surface area contributed by atoms with Crippen LogP contribution in [0.25, 0.3) is 0 Å². The van der Waals surface area contributed by atoms with Gasteiger partial charge in [0.25, 0.3) is 0 Å². The molecule has 5 heteroatoms. The quantitative estimate of drug-likeness (QED) is 0.734. The van der Waals surface area contributed by atoms with E-state index in [1.165, 1.54) is 12.1 Å². The van der Waals surface area contributed by atoms with Crippen molar-refractivity contribution in [1.29, 1.82) is 0 Å². The van der Waals surface area contributed by atoms with Gasteiger partial charge in [0, 0.05) is 23.7 Å². The first kappa shape index (κ1) is 15.8. The number of hydrogen-bond acceptors (Lipinski definition) is 3. The van der Waals surface area contributed by atoms with Gasteiger partial charge in [-0.2, -0.15) is 0 Å². The van der Waals surface area contributed by atoms with Crippen LogP contribution >= 0.6 is 0 Å². The Kier molecular flexibility index (Phi) is 4.23. The summed E-state index contributed by atoms with van der Waals surface area (Å²) in [6.07, 6.45) is 1.54. The summed E-state index contributed by atoms with van der Waals surface area (Å²) >= 11 is 0. The van der Waals surface area contributed by atoms with Gasteiger partial charge in [-0.1, -0.05) is 20.8 Å². The minimum Gasteiger partial charge on any atom is -0.505 e. The molecule has 0 aliphatic heterocycles. The average molecular weight is 294 g/mol. The Bertz CT molecular complexity index is 545. The Balaban J connectivity index is 2.14. The van der Waals surface area contributed by atoms with Crippen LogP contribution in [-0.2, 0) is 4.79 Å². The first-order chi connectivity index (χ1) is 9.73. The van der Waals surface area contributed by atoms with E-state index in [4.69, 9.17) is 5.73 Å². The van der Waals surface area contributed by atoms with Gasteiger partial charge in [-0.3, -0.25) is 4.79 Å². The van der Waals surface area contributed by atoms with Crippen LogP contribution < -0.4 is 11.1 Å². The summed E-state index contributed by atoms with van der Waals surface area (Å²) in [6, 6.07) is 3.95. The summed E-state index contributed by atoms with van der Waals surface area (Å²) in [5.41, 5.74) is 6.24. The van der Waals surface area contributed by atoms with Gasteiger partial charge in [-0.05, 0) is 36.3 Å². The number of aromatic hydroxyl groups is 1. The van der Waals surface area contributed by atoms with Crippen molar-refractivity contribution in [3.05, 3.63) is 24.0 Å². The number of hydrogen-bond donors (Lipinski definition) is 3. The van der Waals surface area contributed by atoms with Crippen LogP contribution in [0.1, 0.15) is 33.6 Å². The maximum atomic E-state index is 13.3. The minimum absolute atomic E-state index is 0.107. The van der Waals surface area contributed by atoms with Crippen LogP contribution in [0, 0.1) is 23.1 Å². The Morgan fingerprint density at radius 3 is 2.71 bits per heavy atom. The number of nitrogens with two attached hydrogens (primary N) is 1. The van der Waals surface area contributed by atoms with Gasteiger partial charge in [0.1, 0.15) is 0 Å². The molecular weight excluding hydrogens is 271 g/mol. The summed E-state index contributed by atoms with van der Waals surface area (Å²) in [5, 5.41) is 11.9. The maximum Gasteiger partial charge on any atom is 0.228 e. The van der Waals surface area contributed by atoms with E-state index in [1.54, 1.807) is 0 Å². The molecule has 1 amide bonds. The van der Waals surface area contributed by atoms with E-state index in [2.05, 4.69) is 26.1 Å². The Morgan fingerprint density at radius 2 is 2.10 bits per heavy atom. The predicted molar refractivity (Wildman–Crippen MR) is 80.3 cm³/mol. The van der Waals surface area contributed by atoms with E-state index in [1.807, 2.05) is 0 Å². The standard InChI is InChI=1S/C16H23FN2O2/c1-9-13(18)6-5-11(16(9,2)3)15(21)19-10-4-7-14(20)12(17)8-10/h4,7-9,11,13,20H,5-6,18H2,1-3H3,(H,19,21). The Hall–Kier alpha value is -1.62. The predicted octanol–water partition coefficient (Wildman–Crippen LogP) is 2.87. The third kappa shape index (κ3) is 3.02. The number of phenols is 1. The molecule has 0 saturated heterocycles. The molecule has 1 aromatic carbocycles. The largest absolute Gasteiger partial charge is 0.505 e. The highest BCUT2D eigenvalue weighted by molar-refractivity contribution is 5.93. The molecule has 0 heterocycles. The lowest BCUT2D eigenvalue weighted by Gasteiger charge is -2.46. The fraction of sp³-hybridized carbons (Fsp3) is 0.562. The summed E-state index contributed by atoms with van der Waals surface area (Å²) in [6.45, 7) is 6.18. The van der Waals surface area contributed by atoms with Crippen LogP contribution in [0.3, 0.4) is 0 Å². The van der Waals surface area contributed by atoms with Gasteiger partial charge in [0.2, 0.25) is 5.91 Å². The zero-order valence-electron chi connectivity index (χ0n) is 12.7. The van der Waals surface area contributed by atoms with Gasteiger partial charge in [0.15, 0.2) is 11.6 Å². The Labute approximate surface area is 124 Å². The van der Waals surface area contributed by atoms with Crippen molar-refractivity contribution in [3.8, 4) is 5.75 Å². The first-order valence-electron chi connectivity index (χ1n) is 7.28. The molecule has 0 bridgehead atoms. The molecule has 1 aliphatic carbocycles. The number of nitrogens with one attached hydrogen (secondary N) is 1. The van der Waals surface area contributed by atoms with Gasteiger partial charge in [0.05, 0.1) is 0 Å². The van der Waals surface area contributed by atoms with Crippen molar-refractivity contribution < 1.29 is 14.3 Å². The van der Waals surface area contributed by atoms with Gasteiger partial charge < -0.3 is 16.2 Å². The minimum atomic E-state index is -0.744. The molecule has 21 heavy (non-hydrogen) atoms. The normalized spacial score (nSPS) is 28.1. The van der Waals surface area contributed by atoms with E-state index >= 15 is 0 Å². The van der Waals surface area contributed by atoms with Crippen LogP contribution in [0.2, 0.25) is 0 Å². The van der Waals surface area contributed by atoms with Crippen molar-refractivity contribution >= 4 is 11.6 Å². The highest BCUT2D eigenvalue weighted by Gasteiger charge is 2.44. The summed E-state index contributed by atoms with van der Waals surface area (Å²) < 4.78 is 13.3. The smallest absolute Gasteiger partial charge is 0.228 e. The fourth-order valence-corrected chi connectivity index (χ4v) is 3.13. The lowest BCUT2D eigenvalue weighted by atomic mass is 9.61. The summed E-state index contributed by atoms with van der Waals surface area (Å²) in [7, 11) is 0. The highest BCUT2D eigenvalue weighted by atomic mass is 19.1. The molecule has 116 valence electrons. The molecule has 3 atom stereocenters. The number of benzene rings is 1. The molecule has 1 aromatic rings. The highest BCUT2D eigenvalue weighted by Crippen LogP contribution is 2.44. The molecule has 0 aromatic heterocycles. The third-order valence-electron chi connectivity index (χ3n) is 5.03. The molecule has 2 rings (SSSR count). The van der Waals surface area contributed by atoms with Crippen molar-refractivity contribution in [1.82, 2.24) is 0 Å². The van der Waals surface area contributed by atoms with Crippen molar-refractivity contribution in [2.45, 2.75) is 39.7 Å². The average Bonchev–Trinajstić information content (AvgIpc) is 2.40. The topological polar surface area (TPSA) is 75.4 Å². The Morgan fingerprint density at radius 1 is 1.43 bits per heavy atom. The van der Waals surface area contributed by atoms with Gasteiger partial charge >= 0.3 is 0 Å². The zero-order chi connectivity index (χ0) is 15.8. The van der Waals surface area contributed by atoms with E-state index in [0.29, 0.717) is 5.69 Å². The first-order valence-corrected chi connectivity index (χ1v) is 7.28. The SMILES string of the molecule is CC1C(N)CCC(C(=O)Nc2ccc(O)c(F)c2)C1(C)C. The number of halogens is 1. The number of carbonyl (C=O) groups excluding carboxylic acids is 1. The van der Waals surface area contributed by atoms with E-state index in [9.17, 15) is 14.3 Å². The van der Waals surface area contributed by atoms with Crippen LogP contribution in [0.5, 0.6) is 5.75 Å². The molecular formula is C16H23FN2O2. The number of anilines is 1. The van der Waals surface area contributed by atoms with Gasteiger partial charge in [-0.15, -0.1) is 0 Å². The zero-order valence-corrected chi connectivity index (χ0v) is 12.7. The van der Waals surface area contributed by atoms with E-state index < -0.39 is 11.6 Å². The molecule has 3 unspecified atom stereocenters. The number of amides is 1. The molecule has 0 radical (unpaired) electrons. The lowest BCUT2D eigenvalue weighted by Crippen LogP contribution is -2.50. The molecule has 1 fully saturated rings. The van der Waals surface area contributed by atoms with Crippen molar-refractivity contribution in [2.24, 2.45) is 23.0 Å². The molecule has 1 aliphatic rings. The van der Waals surface area contributed by atoms with Crippen molar-refractivity contribution in [3.63, 3.8) is 0 Å². The molecule has 1 saturated carbocycles. The fourth-order valence-electron chi connectivity index (χ4n) is 3.13.